The molecule has 3 heterocycles. The van der Waals surface area contributed by atoms with E-state index >= 15 is 0 Å². The normalized spacial score (nSPS) is 12.1. The highest BCUT2D eigenvalue weighted by Gasteiger charge is 2.22. The molecule has 5 aromatic rings. The van der Waals surface area contributed by atoms with Crippen molar-refractivity contribution in [3.05, 3.63) is 74.4 Å². The van der Waals surface area contributed by atoms with Crippen molar-refractivity contribution in [1.82, 2.24) is 0 Å². The summed E-state index contributed by atoms with van der Waals surface area (Å²) in [5.41, 5.74) is 1.58. The van der Waals surface area contributed by atoms with Crippen molar-refractivity contribution in [2.24, 2.45) is 0 Å². The Morgan fingerprint density at radius 1 is 0.688 bits per heavy atom. The summed E-state index contributed by atoms with van der Waals surface area (Å²) < 4.78 is 16.9. The van der Waals surface area contributed by atoms with Gasteiger partial charge in [0.2, 0.25) is 0 Å². The van der Waals surface area contributed by atoms with E-state index in [1.54, 1.807) is 18.2 Å². The van der Waals surface area contributed by atoms with Gasteiger partial charge in [-0.3, -0.25) is 0 Å². The van der Waals surface area contributed by atoms with Crippen molar-refractivity contribution < 1.29 is 18.4 Å². The Balaban J connectivity index is 1.82. The van der Waals surface area contributed by atoms with Gasteiger partial charge < -0.3 is 18.4 Å². The molecule has 0 fully saturated rings. The van der Waals surface area contributed by atoms with Crippen LogP contribution in [0.25, 0.3) is 44.2 Å². The molecule has 0 radical (unpaired) electrons. The van der Waals surface area contributed by atoms with E-state index in [0.29, 0.717) is 21.9 Å². The highest BCUT2D eigenvalue weighted by molar-refractivity contribution is 6.03. The zero-order chi connectivity index (χ0) is 22.7. The summed E-state index contributed by atoms with van der Waals surface area (Å²) in [5, 5.41) is 12.2. The van der Waals surface area contributed by atoms with Crippen molar-refractivity contribution in [2.45, 2.75) is 39.5 Å². The number of furan rings is 1. The lowest BCUT2D eigenvalue weighted by Crippen LogP contribution is -2.03. The second-order valence-corrected chi connectivity index (χ2v) is 8.68. The van der Waals surface area contributed by atoms with E-state index in [9.17, 15) is 14.7 Å². The lowest BCUT2D eigenvalue weighted by atomic mass is 10.00. The van der Waals surface area contributed by atoms with Crippen LogP contribution in [0.3, 0.4) is 0 Å². The highest BCUT2D eigenvalue weighted by Crippen LogP contribution is 2.38. The third-order valence-electron chi connectivity index (χ3n) is 5.88. The van der Waals surface area contributed by atoms with E-state index in [1.165, 1.54) is 6.07 Å². The first-order chi connectivity index (χ1) is 15.2. The van der Waals surface area contributed by atoms with Crippen molar-refractivity contribution in [2.75, 3.05) is 0 Å². The molecule has 0 aliphatic heterocycles. The van der Waals surface area contributed by atoms with Gasteiger partial charge in [0.15, 0.2) is 5.58 Å². The van der Waals surface area contributed by atoms with Gasteiger partial charge in [0.05, 0.1) is 10.8 Å². The average Bonchev–Trinajstić information content (AvgIpc) is 3.19. The molecule has 0 unspecified atom stereocenters. The van der Waals surface area contributed by atoms with Crippen LogP contribution < -0.4 is 11.3 Å². The van der Waals surface area contributed by atoms with Crippen molar-refractivity contribution >= 4 is 32.9 Å². The molecule has 0 saturated carbocycles. The molecule has 0 amide bonds. The van der Waals surface area contributed by atoms with Crippen molar-refractivity contribution in [3.8, 4) is 17.1 Å². The largest absolute Gasteiger partial charge is 0.506 e. The maximum absolute atomic E-state index is 12.8. The van der Waals surface area contributed by atoms with Crippen molar-refractivity contribution in [1.29, 1.82) is 0 Å². The van der Waals surface area contributed by atoms with Gasteiger partial charge in [0, 0.05) is 6.07 Å². The van der Waals surface area contributed by atoms with Crippen LogP contribution in [0.1, 0.15) is 50.7 Å². The van der Waals surface area contributed by atoms with E-state index in [0.717, 1.165) is 11.1 Å². The molecular formula is C26H22O6. The van der Waals surface area contributed by atoms with Crippen LogP contribution in [0.5, 0.6) is 5.75 Å². The topological polar surface area (TPSA) is 93.8 Å². The Bertz CT molecular complexity index is 1630. The van der Waals surface area contributed by atoms with Gasteiger partial charge in [0.25, 0.3) is 0 Å². The first-order valence-electron chi connectivity index (χ1n) is 10.5. The molecule has 0 aliphatic rings. The maximum Gasteiger partial charge on any atom is 0.351 e. The van der Waals surface area contributed by atoms with E-state index in [-0.39, 0.29) is 39.9 Å². The fraction of sp³-hybridized carbons (Fsp3) is 0.231. The predicted octanol–water partition coefficient (Wildman–Crippen LogP) is 6.27. The van der Waals surface area contributed by atoms with Gasteiger partial charge in [-0.25, -0.2) is 9.59 Å². The molecule has 3 aromatic heterocycles. The first kappa shape index (κ1) is 20.1. The first-order valence-corrected chi connectivity index (χ1v) is 10.5. The Morgan fingerprint density at radius 2 is 1.25 bits per heavy atom. The smallest absolute Gasteiger partial charge is 0.351 e. The lowest BCUT2D eigenvalue weighted by molar-refractivity contribution is 0.467. The van der Waals surface area contributed by atoms with Crippen molar-refractivity contribution in [3.63, 3.8) is 0 Å². The molecule has 162 valence electrons. The summed E-state index contributed by atoms with van der Waals surface area (Å²) in [6, 6.07) is 12.3. The minimum Gasteiger partial charge on any atom is -0.506 e. The molecule has 0 saturated heterocycles. The van der Waals surface area contributed by atoms with Crippen LogP contribution in [0.4, 0.5) is 0 Å². The van der Waals surface area contributed by atoms with E-state index in [4.69, 9.17) is 13.3 Å². The van der Waals surface area contributed by atoms with Gasteiger partial charge in [-0.15, -0.1) is 0 Å². The van der Waals surface area contributed by atoms with E-state index in [2.05, 4.69) is 13.8 Å². The summed E-state index contributed by atoms with van der Waals surface area (Å²) in [6.45, 7) is 8.20. The molecular weight excluding hydrogens is 408 g/mol. The molecule has 6 heteroatoms. The molecule has 0 aliphatic carbocycles. The third kappa shape index (κ3) is 3.02. The Kier molecular flexibility index (Phi) is 4.48. The summed E-state index contributed by atoms with van der Waals surface area (Å²) in [4.78, 5) is 25.3. The van der Waals surface area contributed by atoms with Crippen LogP contribution in [0.2, 0.25) is 0 Å². The molecule has 32 heavy (non-hydrogen) atoms. The van der Waals surface area contributed by atoms with Crippen LogP contribution in [0, 0.1) is 0 Å². The number of hydrogen-bond acceptors (Lipinski definition) is 6. The lowest BCUT2D eigenvalue weighted by Gasteiger charge is -2.09. The summed E-state index contributed by atoms with van der Waals surface area (Å²) in [6.07, 6.45) is 0. The van der Waals surface area contributed by atoms with Gasteiger partial charge >= 0.3 is 11.3 Å². The van der Waals surface area contributed by atoms with Gasteiger partial charge in [-0.05, 0) is 47.2 Å². The van der Waals surface area contributed by atoms with E-state index in [1.807, 2.05) is 32.0 Å². The minimum absolute atomic E-state index is 0.0536. The minimum atomic E-state index is -0.747. The molecule has 0 spiro atoms. The van der Waals surface area contributed by atoms with Gasteiger partial charge in [0.1, 0.15) is 33.6 Å². The second-order valence-electron chi connectivity index (χ2n) is 8.68. The van der Waals surface area contributed by atoms with Crippen LogP contribution in [-0.2, 0) is 0 Å². The van der Waals surface area contributed by atoms with E-state index < -0.39 is 11.3 Å². The molecule has 5 rings (SSSR count). The number of fused-ring (bicyclic) bond motifs is 4. The number of benzene rings is 2. The monoisotopic (exact) mass is 430 g/mol. The van der Waals surface area contributed by atoms with Gasteiger partial charge in [-0.1, -0.05) is 39.8 Å². The SMILES string of the molecule is CC(C)c1ccc2oc(=O)c(-c3cc4c(=O)oc5ccc(C(C)C)cc5c4o3)c(O)c2c1. The number of aromatic hydroxyl groups is 1. The van der Waals surface area contributed by atoms with Crippen LogP contribution in [-0.4, -0.2) is 5.11 Å². The quantitative estimate of drug-likeness (QED) is 0.339. The fourth-order valence-corrected chi connectivity index (χ4v) is 3.97. The molecule has 0 bridgehead atoms. The number of hydrogen-bond donors (Lipinski definition) is 1. The molecule has 1 N–H and O–H groups in total. The zero-order valence-corrected chi connectivity index (χ0v) is 18.2. The number of rotatable bonds is 3. The summed E-state index contributed by atoms with van der Waals surface area (Å²) in [7, 11) is 0. The van der Waals surface area contributed by atoms with Gasteiger partial charge in [-0.2, -0.15) is 0 Å². The Labute approximate surface area is 182 Å². The van der Waals surface area contributed by atoms with Crippen LogP contribution in [0.15, 0.2) is 65.3 Å². The van der Waals surface area contributed by atoms with Crippen LogP contribution >= 0.6 is 0 Å². The standard InChI is InChI=1S/C26H22O6/c1-12(2)14-5-7-19-16(9-14)23(27)22(26(29)32-19)21-11-18-24(30-21)17-10-15(13(3)4)6-8-20(17)31-25(18)28/h5-13,27H,1-4H3. The average molecular weight is 430 g/mol. The third-order valence-corrected chi connectivity index (χ3v) is 5.88. The molecule has 6 nitrogen and oxygen atoms in total. The summed E-state index contributed by atoms with van der Waals surface area (Å²) in [5.74, 6) is 0.307. The maximum atomic E-state index is 12.8. The molecule has 2 aromatic carbocycles. The fourth-order valence-electron chi connectivity index (χ4n) is 3.97. The Morgan fingerprint density at radius 3 is 1.88 bits per heavy atom. The summed E-state index contributed by atoms with van der Waals surface area (Å²) >= 11 is 0. The highest BCUT2D eigenvalue weighted by atomic mass is 16.4. The molecule has 0 atom stereocenters. The Hall–Kier alpha value is -3.80. The zero-order valence-electron chi connectivity index (χ0n) is 18.2. The predicted molar refractivity (Wildman–Crippen MR) is 124 cm³/mol. The second kappa shape index (κ2) is 7.12.